The Labute approximate surface area is 108 Å². The molecule has 4 heteroatoms. The average molecular weight is 250 g/mol. The van der Waals surface area contributed by atoms with Crippen molar-refractivity contribution in [1.29, 1.82) is 0 Å². The van der Waals surface area contributed by atoms with Crippen LogP contribution in [0.1, 0.15) is 17.5 Å². The lowest BCUT2D eigenvalue weighted by Crippen LogP contribution is -2.25. The highest BCUT2D eigenvalue weighted by Crippen LogP contribution is 2.09. The molecule has 0 aromatic heterocycles. The predicted octanol–water partition coefficient (Wildman–Crippen LogP) is 1.54. The first kappa shape index (κ1) is 12.5. The van der Waals surface area contributed by atoms with Gasteiger partial charge in [0.25, 0.3) is 0 Å². The molecule has 17 heavy (non-hydrogen) atoms. The molecule has 92 valence electrons. The zero-order valence-electron chi connectivity index (χ0n) is 9.89. The molecule has 0 radical (unpaired) electrons. The molecule has 0 atom stereocenters. The highest BCUT2D eigenvalue weighted by Gasteiger charge is 2.09. The molecule has 0 saturated carbocycles. The molecule has 1 aromatic rings. The Morgan fingerprint density at radius 3 is 2.71 bits per heavy atom. The van der Waals surface area contributed by atoms with Gasteiger partial charge in [0.05, 0.1) is 6.61 Å². The van der Waals surface area contributed by atoms with Crippen LogP contribution in [0.3, 0.4) is 0 Å². The summed E-state index contributed by atoms with van der Waals surface area (Å²) in [4.78, 5) is 2.88. The van der Waals surface area contributed by atoms with Crippen LogP contribution in [0.4, 0.5) is 0 Å². The first-order chi connectivity index (χ1) is 8.25. The Kier molecular flexibility index (Phi) is 4.48. The third-order valence-corrected chi connectivity index (χ3v) is 3.20. The van der Waals surface area contributed by atoms with Gasteiger partial charge in [0.2, 0.25) is 0 Å². The Bertz CT molecular complexity index is 370. The van der Waals surface area contributed by atoms with E-state index in [0.29, 0.717) is 4.99 Å². The maximum Gasteiger partial charge on any atom is 0.103 e. The summed E-state index contributed by atoms with van der Waals surface area (Å²) in [6, 6.07) is 8.18. The van der Waals surface area contributed by atoms with Crippen molar-refractivity contribution in [1.82, 2.24) is 4.90 Å². The van der Waals surface area contributed by atoms with E-state index in [0.717, 1.165) is 44.8 Å². The second kappa shape index (κ2) is 6.10. The Hall–Kier alpha value is -0.970. The van der Waals surface area contributed by atoms with Gasteiger partial charge in [0.15, 0.2) is 0 Å². The summed E-state index contributed by atoms with van der Waals surface area (Å²) in [5, 5.41) is 0. The molecular weight excluding hydrogens is 232 g/mol. The molecule has 0 unspecified atom stereocenters. The van der Waals surface area contributed by atoms with Gasteiger partial charge in [-0.3, -0.25) is 4.90 Å². The average Bonchev–Trinajstić information content (AvgIpc) is 2.58. The van der Waals surface area contributed by atoms with Crippen molar-refractivity contribution in [2.75, 3.05) is 26.3 Å². The van der Waals surface area contributed by atoms with Crippen LogP contribution < -0.4 is 5.73 Å². The van der Waals surface area contributed by atoms with Gasteiger partial charge in [-0.05, 0) is 12.0 Å². The number of benzene rings is 1. The fourth-order valence-electron chi connectivity index (χ4n) is 1.99. The SMILES string of the molecule is NC(=S)c1ccc(CN2CCCOCC2)cc1. The molecule has 1 fully saturated rings. The number of nitrogens with two attached hydrogens (primary N) is 1. The van der Waals surface area contributed by atoms with Crippen LogP contribution in [0.5, 0.6) is 0 Å². The fourth-order valence-corrected chi connectivity index (χ4v) is 2.12. The summed E-state index contributed by atoms with van der Waals surface area (Å²) in [6.45, 7) is 4.82. The second-order valence-corrected chi connectivity index (χ2v) is 4.74. The number of hydrogen-bond acceptors (Lipinski definition) is 3. The van der Waals surface area contributed by atoms with Gasteiger partial charge in [-0.1, -0.05) is 36.5 Å². The van der Waals surface area contributed by atoms with Gasteiger partial charge in [0, 0.05) is 31.8 Å². The minimum Gasteiger partial charge on any atom is -0.389 e. The van der Waals surface area contributed by atoms with E-state index in [1.807, 2.05) is 12.1 Å². The number of thiocarbonyl (C=S) groups is 1. The summed E-state index contributed by atoms with van der Waals surface area (Å²) in [5.74, 6) is 0. The zero-order valence-corrected chi connectivity index (χ0v) is 10.7. The molecule has 0 bridgehead atoms. The molecule has 0 aliphatic carbocycles. The maximum absolute atomic E-state index is 5.57. The first-order valence-corrected chi connectivity index (χ1v) is 6.35. The molecule has 1 aliphatic rings. The molecule has 1 aliphatic heterocycles. The fraction of sp³-hybridized carbons (Fsp3) is 0.462. The molecule has 1 aromatic carbocycles. The lowest BCUT2D eigenvalue weighted by molar-refractivity contribution is 0.140. The van der Waals surface area contributed by atoms with Gasteiger partial charge >= 0.3 is 0 Å². The summed E-state index contributed by atoms with van der Waals surface area (Å²) < 4.78 is 5.44. The van der Waals surface area contributed by atoms with E-state index in [1.165, 1.54) is 5.56 Å². The van der Waals surface area contributed by atoms with E-state index in [4.69, 9.17) is 22.7 Å². The Morgan fingerprint density at radius 2 is 2.00 bits per heavy atom. The minimum absolute atomic E-state index is 0.458. The van der Waals surface area contributed by atoms with Crippen LogP contribution in [0.2, 0.25) is 0 Å². The minimum atomic E-state index is 0.458. The summed E-state index contributed by atoms with van der Waals surface area (Å²) in [5.41, 5.74) is 7.80. The molecule has 1 heterocycles. The largest absolute Gasteiger partial charge is 0.389 e. The normalized spacial score (nSPS) is 17.6. The number of nitrogens with zero attached hydrogens (tertiary/aromatic N) is 1. The van der Waals surface area contributed by atoms with Gasteiger partial charge in [0.1, 0.15) is 4.99 Å². The van der Waals surface area contributed by atoms with Crippen LogP contribution in [0.15, 0.2) is 24.3 Å². The Morgan fingerprint density at radius 1 is 1.24 bits per heavy atom. The molecular formula is C13H18N2OS. The molecule has 2 N–H and O–H groups in total. The van der Waals surface area contributed by atoms with Crippen molar-refractivity contribution in [3.63, 3.8) is 0 Å². The molecule has 0 amide bonds. The van der Waals surface area contributed by atoms with Crippen molar-refractivity contribution in [3.8, 4) is 0 Å². The monoisotopic (exact) mass is 250 g/mol. The van der Waals surface area contributed by atoms with Crippen LogP contribution in [0.25, 0.3) is 0 Å². The summed E-state index contributed by atoms with van der Waals surface area (Å²) in [7, 11) is 0. The number of hydrogen-bond donors (Lipinski definition) is 1. The smallest absolute Gasteiger partial charge is 0.103 e. The molecule has 2 rings (SSSR count). The van der Waals surface area contributed by atoms with Gasteiger partial charge in [-0.2, -0.15) is 0 Å². The number of ether oxygens (including phenoxy) is 1. The lowest BCUT2D eigenvalue weighted by atomic mass is 10.1. The highest BCUT2D eigenvalue weighted by atomic mass is 32.1. The van der Waals surface area contributed by atoms with Crippen LogP contribution >= 0.6 is 12.2 Å². The van der Waals surface area contributed by atoms with E-state index >= 15 is 0 Å². The van der Waals surface area contributed by atoms with E-state index in [1.54, 1.807) is 0 Å². The van der Waals surface area contributed by atoms with Crippen LogP contribution in [-0.2, 0) is 11.3 Å². The van der Waals surface area contributed by atoms with Crippen molar-refractivity contribution in [2.24, 2.45) is 5.73 Å². The van der Waals surface area contributed by atoms with Gasteiger partial charge in [-0.25, -0.2) is 0 Å². The van der Waals surface area contributed by atoms with Crippen molar-refractivity contribution >= 4 is 17.2 Å². The third-order valence-electron chi connectivity index (χ3n) is 2.96. The van der Waals surface area contributed by atoms with Gasteiger partial charge in [-0.15, -0.1) is 0 Å². The van der Waals surface area contributed by atoms with Crippen LogP contribution in [-0.4, -0.2) is 36.2 Å². The zero-order chi connectivity index (χ0) is 12.1. The summed E-state index contributed by atoms with van der Waals surface area (Å²) >= 11 is 4.94. The second-order valence-electron chi connectivity index (χ2n) is 4.30. The van der Waals surface area contributed by atoms with Crippen molar-refractivity contribution in [2.45, 2.75) is 13.0 Å². The molecule has 0 spiro atoms. The van der Waals surface area contributed by atoms with Crippen molar-refractivity contribution in [3.05, 3.63) is 35.4 Å². The highest BCUT2D eigenvalue weighted by molar-refractivity contribution is 7.80. The van der Waals surface area contributed by atoms with E-state index < -0.39 is 0 Å². The van der Waals surface area contributed by atoms with E-state index in [9.17, 15) is 0 Å². The topological polar surface area (TPSA) is 38.5 Å². The van der Waals surface area contributed by atoms with Crippen molar-refractivity contribution < 1.29 is 4.74 Å². The number of rotatable bonds is 3. The molecule has 1 saturated heterocycles. The van der Waals surface area contributed by atoms with E-state index in [2.05, 4.69) is 17.0 Å². The Balaban J connectivity index is 1.95. The third kappa shape index (κ3) is 3.77. The van der Waals surface area contributed by atoms with Gasteiger partial charge < -0.3 is 10.5 Å². The quantitative estimate of drug-likeness (QED) is 0.826. The van der Waals surface area contributed by atoms with E-state index in [-0.39, 0.29) is 0 Å². The summed E-state index contributed by atoms with van der Waals surface area (Å²) in [6.07, 6.45) is 1.12. The lowest BCUT2D eigenvalue weighted by Gasteiger charge is -2.19. The maximum atomic E-state index is 5.57. The predicted molar refractivity (Wildman–Crippen MR) is 73.0 cm³/mol. The molecule has 3 nitrogen and oxygen atoms in total. The first-order valence-electron chi connectivity index (χ1n) is 5.94. The standard InChI is InChI=1S/C13H18N2OS/c14-13(17)12-4-2-11(3-5-12)10-15-6-1-8-16-9-7-15/h2-5H,1,6-10H2,(H2,14,17). The van der Waals surface area contributed by atoms with Crippen LogP contribution in [0, 0.1) is 0 Å².